The number of anilines is 2. The number of aryl methyl sites for hydroxylation is 1. The van der Waals surface area contributed by atoms with Gasteiger partial charge >= 0.3 is 12.2 Å². The molecule has 2 atom stereocenters. The second-order valence-corrected chi connectivity index (χ2v) is 8.94. The Hall–Kier alpha value is -2.51. The number of pyridine rings is 1. The number of nitrogen functional groups attached to an aromatic ring is 1. The van der Waals surface area contributed by atoms with Crippen molar-refractivity contribution in [1.29, 1.82) is 0 Å². The number of nitrogens with two attached hydrogens (primary N) is 1. The number of rotatable bonds is 2. The number of fused-ring (bicyclic) bond motifs is 1. The molecule has 1 aliphatic carbocycles. The molecule has 0 bridgehead atoms. The van der Waals surface area contributed by atoms with Crippen LogP contribution in [0.4, 0.5) is 21.0 Å². The maximum absolute atomic E-state index is 12.9. The molecule has 1 aromatic heterocycles. The average molecular weight is 405 g/mol. The summed E-state index contributed by atoms with van der Waals surface area (Å²) in [4.78, 5) is 33.2. The third-order valence-electron chi connectivity index (χ3n) is 5.64. The maximum atomic E-state index is 12.9. The summed E-state index contributed by atoms with van der Waals surface area (Å²) in [6.07, 6.45) is 4.13. The molecule has 8 heteroatoms. The average Bonchev–Trinajstić information content (AvgIpc) is 3.10. The molecule has 2 aliphatic rings. The smallest absolute Gasteiger partial charge is 0.420 e. The number of aromatic nitrogens is 1. The highest BCUT2D eigenvalue weighted by Crippen LogP contribution is 2.37. The van der Waals surface area contributed by atoms with Crippen molar-refractivity contribution in [3.8, 4) is 0 Å². The Labute approximate surface area is 172 Å². The zero-order valence-corrected chi connectivity index (χ0v) is 18.0. The van der Waals surface area contributed by atoms with Crippen LogP contribution >= 0.6 is 0 Å². The van der Waals surface area contributed by atoms with E-state index in [-0.39, 0.29) is 12.0 Å². The number of imide groups is 1. The van der Waals surface area contributed by atoms with Gasteiger partial charge in [-0.2, -0.15) is 0 Å². The van der Waals surface area contributed by atoms with Gasteiger partial charge in [-0.3, -0.25) is 4.98 Å². The van der Waals surface area contributed by atoms with Crippen molar-refractivity contribution in [2.75, 3.05) is 30.8 Å². The van der Waals surface area contributed by atoms with Crippen LogP contribution in [-0.4, -0.2) is 53.9 Å². The molecule has 160 valence electrons. The molecule has 1 fully saturated rings. The van der Waals surface area contributed by atoms with Gasteiger partial charge in [0.15, 0.2) is 0 Å². The van der Waals surface area contributed by atoms with Gasteiger partial charge in [0.05, 0.1) is 30.7 Å². The molecule has 2 amide bonds. The molecule has 0 saturated carbocycles. The Morgan fingerprint density at radius 3 is 2.66 bits per heavy atom. The van der Waals surface area contributed by atoms with Crippen LogP contribution in [0.25, 0.3) is 0 Å². The van der Waals surface area contributed by atoms with Gasteiger partial charge in [0.1, 0.15) is 5.60 Å². The second-order valence-electron chi connectivity index (χ2n) is 8.94. The first-order chi connectivity index (χ1) is 13.6. The summed E-state index contributed by atoms with van der Waals surface area (Å²) in [6, 6.07) is -0.379. The van der Waals surface area contributed by atoms with Crippen LogP contribution in [0.15, 0.2) is 6.20 Å². The van der Waals surface area contributed by atoms with Crippen molar-refractivity contribution in [2.45, 2.75) is 65.0 Å². The van der Waals surface area contributed by atoms with Gasteiger partial charge in [-0.1, -0.05) is 6.92 Å². The molecule has 8 nitrogen and oxygen atoms in total. The number of hydrogen-bond donors (Lipinski definition) is 1. The van der Waals surface area contributed by atoms with Gasteiger partial charge in [0, 0.05) is 18.8 Å². The topological polar surface area (TPSA) is 98.0 Å². The molecular formula is C21H32N4O4. The minimum atomic E-state index is -0.711. The molecule has 2 N–H and O–H groups in total. The Morgan fingerprint density at radius 2 is 2.00 bits per heavy atom. The molecule has 2 heterocycles. The molecule has 29 heavy (non-hydrogen) atoms. The van der Waals surface area contributed by atoms with E-state index in [1.165, 1.54) is 12.7 Å². The third kappa shape index (κ3) is 4.41. The summed E-state index contributed by atoms with van der Waals surface area (Å²) >= 11 is 0. The van der Waals surface area contributed by atoms with Gasteiger partial charge in [-0.05, 0) is 57.9 Å². The van der Waals surface area contributed by atoms with E-state index in [9.17, 15) is 9.59 Å². The predicted octanol–water partition coefficient (Wildman–Crippen LogP) is 3.37. The van der Waals surface area contributed by atoms with Crippen LogP contribution in [0, 0.1) is 5.92 Å². The largest absolute Gasteiger partial charge is 0.452 e. The molecule has 0 radical (unpaired) electrons. The van der Waals surface area contributed by atoms with Crippen molar-refractivity contribution in [3.05, 3.63) is 17.5 Å². The SMILES string of the molecule is COC(=O)N(C(=O)OC(C)(C)C)[C@@H]1CN(c2c(N)cnc3c2CCC3)CC[C@@H]1C. The lowest BCUT2D eigenvalue weighted by molar-refractivity contribution is 0.00979. The third-order valence-corrected chi connectivity index (χ3v) is 5.64. The van der Waals surface area contributed by atoms with Crippen molar-refractivity contribution >= 4 is 23.6 Å². The van der Waals surface area contributed by atoms with E-state index in [1.807, 2.05) is 6.92 Å². The Bertz CT molecular complexity index is 790. The maximum Gasteiger partial charge on any atom is 0.420 e. The van der Waals surface area contributed by atoms with E-state index in [0.29, 0.717) is 12.2 Å². The second kappa shape index (κ2) is 8.08. The fraction of sp³-hybridized carbons (Fsp3) is 0.667. The minimum Gasteiger partial charge on any atom is -0.452 e. The monoisotopic (exact) mass is 404 g/mol. The number of hydrogen-bond acceptors (Lipinski definition) is 7. The van der Waals surface area contributed by atoms with Crippen LogP contribution < -0.4 is 10.6 Å². The Kier molecular flexibility index (Phi) is 5.91. The highest BCUT2D eigenvalue weighted by molar-refractivity contribution is 5.88. The molecule has 0 unspecified atom stereocenters. The molecule has 0 spiro atoms. The number of methoxy groups -OCH3 is 1. The highest BCUT2D eigenvalue weighted by Gasteiger charge is 2.41. The van der Waals surface area contributed by atoms with Crippen molar-refractivity contribution in [1.82, 2.24) is 9.88 Å². The molecule has 1 aromatic rings. The molecular weight excluding hydrogens is 372 g/mol. The highest BCUT2D eigenvalue weighted by atomic mass is 16.6. The van der Waals surface area contributed by atoms with Crippen molar-refractivity contribution in [3.63, 3.8) is 0 Å². The summed E-state index contributed by atoms with van der Waals surface area (Å²) in [6.45, 7) is 8.66. The van der Waals surface area contributed by atoms with E-state index >= 15 is 0 Å². The van der Waals surface area contributed by atoms with E-state index < -0.39 is 17.8 Å². The predicted molar refractivity (Wildman–Crippen MR) is 111 cm³/mol. The van der Waals surface area contributed by atoms with Gasteiger partial charge in [0.25, 0.3) is 0 Å². The summed E-state index contributed by atoms with van der Waals surface area (Å²) in [5.41, 5.74) is 9.53. The quantitative estimate of drug-likeness (QED) is 0.807. The summed E-state index contributed by atoms with van der Waals surface area (Å²) in [5.74, 6) is 0.106. The van der Waals surface area contributed by atoms with E-state index in [1.54, 1.807) is 27.0 Å². The lowest BCUT2D eigenvalue weighted by atomic mass is 9.91. The van der Waals surface area contributed by atoms with Gasteiger partial charge < -0.3 is 20.1 Å². The first-order valence-electron chi connectivity index (χ1n) is 10.2. The van der Waals surface area contributed by atoms with Gasteiger partial charge in [-0.25, -0.2) is 14.5 Å². The molecule has 3 rings (SSSR count). The summed E-state index contributed by atoms with van der Waals surface area (Å²) in [7, 11) is 1.28. The van der Waals surface area contributed by atoms with Crippen LogP contribution in [0.1, 0.15) is 51.8 Å². The van der Waals surface area contributed by atoms with Crippen LogP contribution in [0.2, 0.25) is 0 Å². The first kappa shape index (κ1) is 21.2. The van der Waals surface area contributed by atoms with Crippen molar-refractivity contribution in [2.24, 2.45) is 5.92 Å². The standard InChI is InChI=1S/C21H32N4O4/c1-13-9-10-24(18-14-7-6-8-16(14)23-11-15(18)22)12-17(13)25(19(26)28-5)20(27)29-21(2,3)4/h11,13,17H,6-10,12,22H2,1-5H3/t13-,17+/m0/s1. The van der Waals surface area contributed by atoms with Crippen LogP contribution in [0.5, 0.6) is 0 Å². The van der Waals surface area contributed by atoms with E-state index in [4.69, 9.17) is 15.2 Å². The first-order valence-corrected chi connectivity index (χ1v) is 10.2. The lowest BCUT2D eigenvalue weighted by Crippen LogP contribution is -2.57. The zero-order chi connectivity index (χ0) is 21.3. The van der Waals surface area contributed by atoms with E-state index in [2.05, 4.69) is 9.88 Å². The zero-order valence-electron chi connectivity index (χ0n) is 18.0. The fourth-order valence-electron chi connectivity index (χ4n) is 4.22. The fourth-order valence-corrected chi connectivity index (χ4v) is 4.22. The summed E-state index contributed by atoms with van der Waals surface area (Å²) < 4.78 is 10.4. The number of ether oxygens (including phenoxy) is 2. The molecule has 1 saturated heterocycles. The van der Waals surface area contributed by atoms with Crippen molar-refractivity contribution < 1.29 is 19.1 Å². The summed E-state index contributed by atoms with van der Waals surface area (Å²) in [5, 5.41) is 0. The Balaban J connectivity index is 1.91. The number of carbonyl (C=O) groups excluding carboxylic acids is 2. The number of nitrogens with zero attached hydrogens (tertiary/aromatic N) is 3. The number of amides is 2. The van der Waals surface area contributed by atoms with Gasteiger partial charge in [-0.15, -0.1) is 0 Å². The Morgan fingerprint density at radius 1 is 1.28 bits per heavy atom. The van der Waals surface area contributed by atoms with Crippen LogP contribution in [0.3, 0.4) is 0 Å². The number of piperidine rings is 1. The normalized spacial score (nSPS) is 21.5. The molecule has 1 aliphatic heterocycles. The van der Waals surface area contributed by atoms with Gasteiger partial charge in [0.2, 0.25) is 0 Å². The number of carbonyl (C=O) groups is 2. The lowest BCUT2D eigenvalue weighted by Gasteiger charge is -2.43. The molecule has 0 aromatic carbocycles. The van der Waals surface area contributed by atoms with Crippen LogP contribution in [-0.2, 0) is 22.3 Å². The van der Waals surface area contributed by atoms with E-state index in [0.717, 1.165) is 48.5 Å². The minimum absolute atomic E-state index is 0.106.